The van der Waals surface area contributed by atoms with Crippen molar-refractivity contribution in [2.45, 2.75) is 52.9 Å². The van der Waals surface area contributed by atoms with Gasteiger partial charge in [0, 0.05) is 35.3 Å². The van der Waals surface area contributed by atoms with Crippen molar-refractivity contribution < 1.29 is 14.4 Å². The number of fused-ring (bicyclic) bond motifs is 1. The van der Waals surface area contributed by atoms with Gasteiger partial charge >= 0.3 is 5.97 Å². The fourth-order valence-electron chi connectivity index (χ4n) is 3.91. The molecule has 0 saturated heterocycles. The second-order valence-corrected chi connectivity index (χ2v) is 8.84. The van der Waals surface area contributed by atoms with Crippen molar-refractivity contribution >= 4 is 28.6 Å². The van der Waals surface area contributed by atoms with Gasteiger partial charge in [-0.15, -0.1) is 0 Å². The lowest BCUT2D eigenvalue weighted by atomic mass is 9.91. The number of amides is 1. The Morgan fingerprint density at radius 3 is 2.72 bits per heavy atom. The van der Waals surface area contributed by atoms with Gasteiger partial charge in [-0.1, -0.05) is 19.8 Å². The van der Waals surface area contributed by atoms with E-state index in [1.807, 2.05) is 33.0 Å². The fraction of sp³-hybridized carbons (Fsp3) is 0.435. The molecule has 3 aromatic rings. The first kappa shape index (κ1) is 21.7. The molecule has 32 heavy (non-hydrogen) atoms. The number of primary amides is 1. The summed E-state index contributed by atoms with van der Waals surface area (Å²) in [6, 6.07) is 1.81. The van der Waals surface area contributed by atoms with Crippen LogP contribution in [0.5, 0.6) is 0 Å². The van der Waals surface area contributed by atoms with Crippen LogP contribution in [0.3, 0.4) is 0 Å². The lowest BCUT2D eigenvalue weighted by Gasteiger charge is -2.19. The first-order valence-electron chi connectivity index (χ1n) is 10.9. The molecule has 0 radical (unpaired) electrons. The van der Waals surface area contributed by atoms with Gasteiger partial charge < -0.3 is 10.6 Å². The van der Waals surface area contributed by atoms with E-state index >= 15 is 0 Å². The first-order chi connectivity index (χ1) is 15.3. The van der Waals surface area contributed by atoms with Gasteiger partial charge in [-0.25, -0.2) is 19.4 Å². The van der Waals surface area contributed by atoms with Gasteiger partial charge in [0.05, 0.1) is 23.0 Å². The van der Waals surface area contributed by atoms with Gasteiger partial charge in [0.25, 0.3) is 0 Å². The smallest absolute Gasteiger partial charge is 0.338 e. The van der Waals surface area contributed by atoms with E-state index in [2.05, 4.69) is 15.1 Å². The summed E-state index contributed by atoms with van der Waals surface area (Å²) < 4.78 is 3.09. The summed E-state index contributed by atoms with van der Waals surface area (Å²) in [5.74, 6) is -0.561. The number of nitrogens with zero attached hydrogens (tertiary/aromatic N) is 5. The van der Waals surface area contributed by atoms with E-state index in [0.29, 0.717) is 17.8 Å². The van der Waals surface area contributed by atoms with Gasteiger partial charge in [0.2, 0.25) is 5.91 Å². The molecule has 1 saturated carbocycles. The van der Waals surface area contributed by atoms with E-state index < -0.39 is 11.3 Å². The zero-order valence-electron chi connectivity index (χ0n) is 18.6. The van der Waals surface area contributed by atoms with Crippen LogP contribution in [0.4, 0.5) is 0 Å². The number of rotatable bonds is 7. The Balaban J connectivity index is 1.68. The number of hydrogen-bond donors (Lipinski definition) is 1. The molecule has 0 aromatic carbocycles. The third-order valence-corrected chi connectivity index (χ3v) is 6.25. The van der Waals surface area contributed by atoms with Crippen LogP contribution in [-0.2, 0) is 9.59 Å². The Labute approximate surface area is 186 Å². The lowest BCUT2D eigenvalue weighted by molar-refractivity contribution is -0.154. The number of hydrogen-bond acceptors (Lipinski definition) is 6. The number of carbonyl (C=O) groups excluding carboxylic acids is 2. The molecule has 3 heterocycles. The fourth-order valence-corrected chi connectivity index (χ4v) is 3.91. The molecule has 1 amide bonds. The molecular weight excluding hydrogens is 408 g/mol. The van der Waals surface area contributed by atoms with E-state index in [9.17, 15) is 9.59 Å². The van der Waals surface area contributed by atoms with Crippen LogP contribution in [0.15, 0.2) is 37.1 Å². The SMILES string of the molecule is CCC(C)(C)C(=O)On1ccc2c(-c3cnn(/C(=C\C(N)=O)C4CCCC4)c3)ncnc21. The minimum Gasteiger partial charge on any atom is -0.366 e. The van der Waals surface area contributed by atoms with Crippen molar-refractivity contribution in [2.24, 2.45) is 17.1 Å². The van der Waals surface area contributed by atoms with Crippen LogP contribution in [-0.4, -0.2) is 36.4 Å². The summed E-state index contributed by atoms with van der Waals surface area (Å²) in [6.07, 6.45) is 13.0. The van der Waals surface area contributed by atoms with E-state index in [4.69, 9.17) is 10.6 Å². The Kier molecular flexibility index (Phi) is 5.82. The van der Waals surface area contributed by atoms with E-state index in [1.54, 1.807) is 17.1 Å². The quantitative estimate of drug-likeness (QED) is 0.568. The zero-order chi connectivity index (χ0) is 22.9. The highest BCUT2D eigenvalue weighted by atomic mass is 16.7. The molecule has 0 unspecified atom stereocenters. The summed E-state index contributed by atoms with van der Waals surface area (Å²) >= 11 is 0. The highest BCUT2D eigenvalue weighted by Crippen LogP contribution is 2.34. The second kappa shape index (κ2) is 8.57. The van der Waals surface area contributed by atoms with Crippen molar-refractivity contribution in [3.05, 3.63) is 37.1 Å². The first-order valence-corrected chi connectivity index (χ1v) is 10.9. The highest BCUT2D eigenvalue weighted by molar-refractivity contribution is 5.92. The second-order valence-electron chi connectivity index (χ2n) is 8.84. The summed E-state index contributed by atoms with van der Waals surface area (Å²) in [6.45, 7) is 5.63. The molecule has 0 spiro atoms. The largest absolute Gasteiger partial charge is 0.366 e. The van der Waals surface area contributed by atoms with Gasteiger partial charge in [-0.05, 0) is 39.2 Å². The molecule has 0 aliphatic heterocycles. The summed E-state index contributed by atoms with van der Waals surface area (Å²) in [4.78, 5) is 38.4. The van der Waals surface area contributed by atoms with Crippen molar-refractivity contribution in [1.29, 1.82) is 0 Å². The molecular formula is C23H28N6O3. The number of allylic oxidation sites excluding steroid dienone is 1. The number of nitrogens with two attached hydrogens (primary N) is 1. The Hall–Kier alpha value is -3.49. The normalized spacial score (nSPS) is 15.4. The average molecular weight is 437 g/mol. The highest BCUT2D eigenvalue weighted by Gasteiger charge is 2.29. The van der Waals surface area contributed by atoms with Crippen molar-refractivity contribution in [3.8, 4) is 11.3 Å². The van der Waals surface area contributed by atoms with E-state index in [-0.39, 0.29) is 11.9 Å². The van der Waals surface area contributed by atoms with Crippen LogP contribution >= 0.6 is 0 Å². The molecule has 1 fully saturated rings. The topological polar surface area (TPSA) is 118 Å². The van der Waals surface area contributed by atoms with Crippen LogP contribution in [0.2, 0.25) is 0 Å². The van der Waals surface area contributed by atoms with Gasteiger partial charge in [-0.3, -0.25) is 4.79 Å². The summed E-state index contributed by atoms with van der Waals surface area (Å²) in [7, 11) is 0. The van der Waals surface area contributed by atoms with Crippen LogP contribution in [0.1, 0.15) is 52.9 Å². The Morgan fingerprint density at radius 1 is 1.28 bits per heavy atom. The van der Waals surface area contributed by atoms with Gasteiger partial charge in [0.1, 0.15) is 6.33 Å². The molecule has 9 heteroatoms. The molecule has 3 aromatic heterocycles. The summed E-state index contributed by atoms with van der Waals surface area (Å²) in [5.41, 5.74) is 7.58. The molecule has 2 N–H and O–H groups in total. The van der Waals surface area contributed by atoms with Crippen LogP contribution < -0.4 is 10.6 Å². The minimum absolute atomic E-state index is 0.253. The maximum absolute atomic E-state index is 12.5. The molecule has 1 aliphatic rings. The van der Waals surface area contributed by atoms with E-state index in [1.165, 1.54) is 17.1 Å². The predicted octanol–water partition coefficient (Wildman–Crippen LogP) is 3.20. The Bertz CT molecular complexity index is 1180. The van der Waals surface area contributed by atoms with Crippen molar-refractivity contribution in [1.82, 2.24) is 24.5 Å². The number of aromatic nitrogens is 5. The molecule has 0 bridgehead atoms. The van der Waals surface area contributed by atoms with Gasteiger partial charge in [0.15, 0.2) is 5.65 Å². The molecule has 168 valence electrons. The average Bonchev–Trinajstić information content (AvgIpc) is 3.53. The molecule has 0 atom stereocenters. The summed E-state index contributed by atoms with van der Waals surface area (Å²) in [5, 5.41) is 5.22. The van der Waals surface area contributed by atoms with Crippen molar-refractivity contribution in [2.75, 3.05) is 0 Å². The molecule has 4 rings (SSSR count). The lowest BCUT2D eigenvalue weighted by Crippen LogP contribution is -2.32. The third kappa shape index (κ3) is 4.15. The van der Waals surface area contributed by atoms with E-state index in [0.717, 1.165) is 42.3 Å². The minimum atomic E-state index is -0.600. The Morgan fingerprint density at radius 2 is 2.03 bits per heavy atom. The van der Waals surface area contributed by atoms with Crippen LogP contribution in [0, 0.1) is 11.3 Å². The van der Waals surface area contributed by atoms with Crippen molar-refractivity contribution in [3.63, 3.8) is 0 Å². The molecule has 9 nitrogen and oxygen atoms in total. The maximum Gasteiger partial charge on any atom is 0.338 e. The third-order valence-electron chi connectivity index (χ3n) is 6.25. The standard InChI is InChI=1S/C23H28N6O3/c1-4-23(2,3)22(31)32-29-10-9-17-20(25-14-26-21(17)29)16-12-27-28(13-16)18(11-19(24)30)15-7-5-6-8-15/h9-15H,4-8H2,1-3H3,(H2,24,30)/b18-11-. The number of carbonyl (C=O) groups is 2. The zero-order valence-corrected chi connectivity index (χ0v) is 18.6. The van der Waals surface area contributed by atoms with Crippen LogP contribution in [0.25, 0.3) is 28.0 Å². The maximum atomic E-state index is 12.5. The van der Waals surface area contributed by atoms with Gasteiger partial charge in [-0.2, -0.15) is 9.83 Å². The molecule has 1 aliphatic carbocycles. The monoisotopic (exact) mass is 436 g/mol. The predicted molar refractivity (Wildman–Crippen MR) is 120 cm³/mol.